The number of sulfonamides is 1. The summed E-state index contributed by atoms with van der Waals surface area (Å²) in [5.41, 5.74) is 0.210. The molecule has 96 valence electrons. The molecule has 2 heterocycles. The van der Waals surface area contributed by atoms with Gasteiger partial charge in [-0.2, -0.15) is 9.57 Å². The number of hydrogen-bond acceptors (Lipinski definition) is 5. The standard InChI is InChI=1S/C11H14N4O2S/c1-9-7-13-4-5-15(9)18(16,17)11-3-2-10(6-12)14-8-11/h2-3,8-9,13H,4-5,7H2,1H3/t9-/m1/s1. The Kier molecular flexibility index (Phi) is 3.61. The van der Waals surface area contributed by atoms with E-state index in [0.717, 1.165) is 0 Å². The lowest BCUT2D eigenvalue weighted by atomic mass is 10.3. The van der Waals surface area contributed by atoms with Gasteiger partial charge in [0.1, 0.15) is 16.7 Å². The van der Waals surface area contributed by atoms with Gasteiger partial charge in [0.05, 0.1) is 0 Å². The Balaban J connectivity index is 2.32. The van der Waals surface area contributed by atoms with Gasteiger partial charge < -0.3 is 5.32 Å². The molecule has 1 fully saturated rings. The highest BCUT2D eigenvalue weighted by Gasteiger charge is 2.30. The molecule has 1 aliphatic rings. The highest BCUT2D eigenvalue weighted by atomic mass is 32.2. The Morgan fingerprint density at radius 3 is 2.89 bits per heavy atom. The molecule has 0 aliphatic carbocycles. The van der Waals surface area contributed by atoms with E-state index in [-0.39, 0.29) is 16.6 Å². The summed E-state index contributed by atoms with van der Waals surface area (Å²) in [7, 11) is -3.51. The van der Waals surface area contributed by atoms with E-state index in [1.807, 2.05) is 13.0 Å². The number of piperazine rings is 1. The summed E-state index contributed by atoms with van der Waals surface area (Å²) < 4.78 is 26.2. The van der Waals surface area contributed by atoms with Crippen LogP contribution >= 0.6 is 0 Å². The SMILES string of the molecule is C[C@@H]1CNCCN1S(=O)(=O)c1ccc(C#N)nc1. The van der Waals surface area contributed by atoms with E-state index < -0.39 is 10.0 Å². The minimum absolute atomic E-state index is 0.0839. The van der Waals surface area contributed by atoms with Crippen molar-refractivity contribution in [3.8, 4) is 6.07 Å². The second-order valence-corrected chi connectivity index (χ2v) is 6.05. The molecular formula is C11H14N4O2S. The van der Waals surface area contributed by atoms with Crippen LogP contribution in [0.2, 0.25) is 0 Å². The maximum absolute atomic E-state index is 12.4. The van der Waals surface area contributed by atoms with Crippen LogP contribution in [0.15, 0.2) is 23.2 Å². The average Bonchev–Trinajstić information content (AvgIpc) is 2.39. The molecular weight excluding hydrogens is 252 g/mol. The van der Waals surface area contributed by atoms with Gasteiger partial charge in [0.25, 0.3) is 0 Å². The van der Waals surface area contributed by atoms with E-state index in [0.29, 0.717) is 19.6 Å². The van der Waals surface area contributed by atoms with Crippen LogP contribution in [0.1, 0.15) is 12.6 Å². The molecule has 1 aromatic heterocycles. The van der Waals surface area contributed by atoms with Gasteiger partial charge in [0, 0.05) is 31.9 Å². The number of nitrogens with zero attached hydrogens (tertiary/aromatic N) is 3. The fourth-order valence-corrected chi connectivity index (χ4v) is 3.49. The summed E-state index contributed by atoms with van der Waals surface area (Å²) >= 11 is 0. The van der Waals surface area contributed by atoms with Crippen molar-refractivity contribution in [3.05, 3.63) is 24.0 Å². The third-order valence-corrected chi connectivity index (χ3v) is 4.89. The fraction of sp³-hybridized carbons (Fsp3) is 0.455. The zero-order valence-electron chi connectivity index (χ0n) is 10.00. The predicted octanol–water partition coefficient (Wildman–Crippen LogP) is -0.0643. The molecule has 0 aromatic carbocycles. The summed E-state index contributed by atoms with van der Waals surface area (Å²) in [6.45, 7) is 3.60. The molecule has 6 nitrogen and oxygen atoms in total. The maximum Gasteiger partial charge on any atom is 0.244 e. The molecule has 0 radical (unpaired) electrons. The molecule has 1 aromatic rings. The quantitative estimate of drug-likeness (QED) is 0.810. The van der Waals surface area contributed by atoms with Crippen molar-refractivity contribution in [3.63, 3.8) is 0 Å². The normalized spacial score (nSPS) is 21.4. The van der Waals surface area contributed by atoms with Crippen molar-refractivity contribution >= 4 is 10.0 Å². The first-order valence-corrected chi connectivity index (χ1v) is 7.08. The minimum atomic E-state index is -3.51. The van der Waals surface area contributed by atoms with Crippen molar-refractivity contribution < 1.29 is 8.42 Å². The van der Waals surface area contributed by atoms with Crippen molar-refractivity contribution in [2.45, 2.75) is 17.9 Å². The van der Waals surface area contributed by atoms with Crippen LogP contribution in [0.3, 0.4) is 0 Å². The van der Waals surface area contributed by atoms with E-state index in [4.69, 9.17) is 5.26 Å². The molecule has 18 heavy (non-hydrogen) atoms. The number of hydrogen-bond donors (Lipinski definition) is 1. The lowest BCUT2D eigenvalue weighted by Gasteiger charge is -2.32. The van der Waals surface area contributed by atoms with Gasteiger partial charge in [-0.3, -0.25) is 0 Å². The van der Waals surface area contributed by atoms with Crippen LogP contribution in [0.5, 0.6) is 0 Å². The third-order valence-electron chi connectivity index (χ3n) is 2.90. The first-order chi connectivity index (χ1) is 8.55. The monoisotopic (exact) mass is 266 g/mol. The van der Waals surface area contributed by atoms with Gasteiger partial charge in [-0.25, -0.2) is 13.4 Å². The van der Waals surface area contributed by atoms with E-state index in [1.54, 1.807) is 0 Å². The zero-order valence-corrected chi connectivity index (χ0v) is 10.8. The minimum Gasteiger partial charge on any atom is -0.314 e. The molecule has 1 N–H and O–H groups in total. The van der Waals surface area contributed by atoms with Gasteiger partial charge in [0.2, 0.25) is 10.0 Å². The second kappa shape index (κ2) is 5.02. The Labute approximate surface area is 106 Å². The summed E-state index contributed by atoms with van der Waals surface area (Å²) in [4.78, 5) is 3.94. The summed E-state index contributed by atoms with van der Waals surface area (Å²) in [5, 5.41) is 11.8. The van der Waals surface area contributed by atoms with E-state index in [9.17, 15) is 8.42 Å². The first-order valence-electron chi connectivity index (χ1n) is 5.64. The lowest BCUT2D eigenvalue weighted by Crippen LogP contribution is -2.52. The number of aromatic nitrogens is 1. The van der Waals surface area contributed by atoms with Crippen LogP contribution in [0.4, 0.5) is 0 Å². The summed E-state index contributed by atoms with van der Waals surface area (Å²) in [6, 6.07) is 4.62. The molecule has 0 spiro atoms. The topological polar surface area (TPSA) is 86.1 Å². The average molecular weight is 266 g/mol. The highest BCUT2D eigenvalue weighted by molar-refractivity contribution is 7.89. The van der Waals surface area contributed by atoms with Gasteiger partial charge in [-0.1, -0.05) is 0 Å². The van der Waals surface area contributed by atoms with Crippen LogP contribution in [-0.4, -0.2) is 43.4 Å². The van der Waals surface area contributed by atoms with Gasteiger partial charge in [-0.05, 0) is 19.1 Å². The number of rotatable bonds is 2. The highest BCUT2D eigenvalue weighted by Crippen LogP contribution is 2.18. The predicted molar refractivity (Wildman–Crippen MR) is 65.2 cm³/mol. The zero-order chi connectivity index (χ0) is 13.2. The fourth-order valence-electron chi connectivity index (χ4n) is 1.91. The molecule has 2 rings (SSSR count). The summed E-state index contributed by atoms with van der Waals surface area (Å²) in [6.07, 6.45) is 1.24. The van der Waals surface area contributed by atoms with Gasteiger partial charge in [-0.15, -0.1) is 0 Å². The molecule has 0 bridgehead atoms. The molecule has 7 heteroatoms. The molecule has 1 atom stereocenters. The van der Waals surface area contributed by atoms with Crippen molar-refractivity contribution in [2.24, 2.45) is 0 Å². The molecule has 0 unspecified atom stereocenters. The Morgan fingerprint density at radius 1 is 1.56 bits per heavy atom. The van der Waals surface area contributed by atoms with Gasteiger partial charge >= 0.3 is 0 Å². The van der Waals surface area contributed by atoms with Crippen LogP contribution in [-0.2, 0) is 10.0 Å². The summed E-state index contributed by atoms with van der Waals surface area (Å²) in [5.74, 6) is 0. The maximum atomic E-state index is 12.4. The van der Waals surface area contributed by atoms with E-state index >= 15 is 0 Å². The van der Waals surface area contributed by atoms with E-state index in [1.165, 1.54) is 22.6 Å². The molecule has 0 saturated carbocycles. The van der Waals surface area contributed by atoms with E-state index in [2.05, 4.69) is 10.3 Å². The number of nitrogens with one attached hydrogen (secondary N) is 1. The molecule has 1 aliphatic heterocycles. The Morgan fingerprint density at radius 2 is 2.33 bits per heavy atom. The molecule has 1 saturated heterocycles. The second-order valence-electron chi connectivity index (χ2n) is 4.16. The van der Waals surface area contributed by atoms with Crippen LogP contribution in [0.25, 0.3) is 0 Å². The Hall–Kier alpha value is -1.49. The van der Waals surface area contributed by atoms with Crippen molar-refractivity contribution in [2.75, 3.05) is 19.6 Å². The van der Waals surface area contributed by atoms with Crippen molar-refractivity contribution in [1.82, 2.24) is 14.6 Å². The van der Waals surface area contributed by atoms with Crippen LogP contribution in [0, 0.1) is 11.3 Å². The smallest absolute Gasteiger partial charge is 0.244 e. The Bertz CT molecular complexity index is 562. The van der Waals surface area contributed by atoms with Crippen molar-refractivity contribution in [1.29, 1.82) is 5.26 Å². The first kappa shape index (κ1) is 13.0. The third kappa shape index (κ3) is 2.36. The van der Waals surface area contributed by atoms with Crippen LogP contribution < -0.4 is 5.32 Å². The number of pyridine rings is 1. The lowest BCUT2D eigenvalue weighted by molar-refractivity contribution is 0.284. The van der Waals surface area contributed by atoms with Gasteiger partial charge in [0.15, 0.2) is 0 Å². The molecule has 0 amide bonds. The largest absolute Gasteiger partial charge is 0.314 e. The number of nitriles is 1.